The number of carboxylic acid groups (broad SMARTS) is 1. The third-order valence-electron chi connectivity index (χ3n) is 11.5. The van der Waals surface area contributed by atoms with Crippen molar-refractivity contribution in [3.8, 4) is 28.7 Å². The minimum Gasteiger partial charge on any atom is -0.493 e. The van der Waals surface area contributed by atoms with E-state index in [0.717, 1.165) is 29.8 Å². The van der Waals surface area contributed by atoms with Crippen molar-refractivity contribution in [2.45, 2.75) is 71.9 Å². The second-order valence-corrected chi connectivity index (χ2v) is 17.6. The van der Waals surface area contributed by atoms with Gasteiger partial charge in [0.1, 0.15) is 5.75 Å². The Hall–Kier alpha value is -6.57. The van der Waals surface area contributed by atoms with Gasteiger partial charge in [0, 0.05) is 42.7 Å². The number of fused-ring (bicyclic) bond motifs is 8. The number of aliphatic carboxylic acids is 1. The quantitative estimate of drug-likeness (QED) is 0.0947. The van der Waals surface area contributed by atoms with Gasteiger partial charge in [0.15, 0.2) is 23.0 Å². The first-order valence-electron chi connectivity index (χ1n) is 20.4. The van der Waals surface area contributed by atoms with Crippen LogP contribution < -0.4 is 38.8 Å². The van der Waals surface area contributed by atoms with Crippen LogP contribution in [0.4, 0.5) is 22.7 Å². The van der Waals surface area contributed by atoms with Gasteiger partial charge in [-0.05, 0) is 71.2 Å². The largest absolute Gasteiger partial charge is 0.493 e. The molecule has 318 valence electrons. The van der Waals surface area contributed by atoms with Crippen molar-refractivity contribution in [3.05, 3.63) is 89.0 Å². The average molecular weight is 831 g/mol. The number of hydrogen-bond donors (Lipinski definition) is 2. The number of carbonyl (C=O) groups excluding carboxylic acids is 3. The van der Waals surface area contributed by atoms with Gasteiger partial charge < -0.3 is 39.0 Å². The molecule has 4 aliphatic rings. The Kier molecular flexibility index (Phi) is 10.9. The Morgan fingerprint density at radius 2 is 1.43 bits per heavy atom. The SMILES string of the molecule is COc1cc2c(cc1OCC(C)(C)CC(C)(C)COc1cc3c(cc1OC)C(=O)N1c4ccccc4C[C@H]1CN3)N=C[C@@H]1Cc3cc(OC(=O)CCC(=O)O)ccc3N1C2=O. The van der Waals surface area contributed by atoms with Crippen molar-refractivity contribution in [2.24, 2.45) is 15.8 Å². The minimum atomic E-state index is -1.08. The summed E-state index contributed by atoms with van der Waals surface area (Å²) in [5, 5.41) is 12.4. The second-order valence-electron chi connectivity index (χ2n) is 17.6. The van der Waals surface area contributed by atoms with Crippen LogP contribution >= 0.6 is 0 Å². The Labute approximate surface area is 354 Å². The number of esters is 1. The number of anilines is 3. The molecule has 2 atom stereocenters. The number of benzene rings is 4. The van der Waals surface area contributed by atoms with Crippen molar-refractivity contribution in [1.29, 1.82) is 0 Å². The number of aliphatic imine (C=N–C) groups is 1. The summed E-state index contributed by atoms with van der Waals surface area (Å²) in [4.78, 5) is 59.3. The lowest BCUT2D eigenvalue weighted by Crippen LogP contribution is -2.39. The van der Waals surface area contributed by atoms with E-state index in [1.165, 1.54) is 12.7 Å². The van der Waals surface area contributed by atoms with Crippen LogP contribution in [0, 0.1) is 10.8 Å². The standard InChI is InChI=1S/C47H50N4O10/c1-46(2,25-59-40-20-34-32(18-38(40)57-5)44(55)50-29(22-48-34)15-27-9-7-8-10-36(27)50)24-47(3,4)26-60-41-21-35-33(19-39(41)58-6)45(56)51-30(23-49-35)16-28-17-31(11-12-37(28)51)61-43(54)14-13-42(52)53/h7-12,17-21,23,29-30,48H,13-16,22,24-26H2,1-6H3,(H,52,53)/t29-,30-/m0/s1. The zero-order chi connectivity index (χ0) is 43.2. The van der Waals surface area contributed by atoms with E-state index in [0.29, 0.717) is 71.7 Å². The molecule has 4 aliphatic heterocycles. The van der Waals surface area contributed by atoms with Gasteiger partial charge in [-0.15, -0.1) is 0 Å². The molecular formula is C47H50N4O10. The van der Waals surface area contributed by atoms with Gasteiger partial charge >= 0.3 is 11.9 Å². The molecule has 2 N–H and O–H groups in total. The van der Waals surface area contributed by atoms with E-state index in [-0.39, 0.29) is 53.3 Å². The molecule has 61 heavy (non-hydrogen) atoms. The molecule has 8 rings (SSSR count). The van der Waals surface area contributed by atoms with Gasteiger partial charge in [-0.25, -0.2) is 0 Å². The number of carbonyl (C=O) groups is 4. The molecule has 0 saturated carbocycles. The summed E-state index contributed by atoms with van der Waals surface area (Å²) in [6, 6.07) is 19.8. The van der Waals surface area contributed by atoms with E-state index < -0.39 is 11.9 Å². The molecule has 0 aromatic heterocycles. The first-order chi connectivity index (χ1) is 29.1. The van der Waals surface area contributed by atoms with Crippen LogP contribution in [-0.4, -0.2) is 81.1 Å². The molecule has 0 saturated heterocycles. The molecule has 4 heterocycles. The number of methoxy groups -OCH3 is 2. The van der Waals surface area contributed by atoms with E-state index in [1.807, 2.05) is 29.2 Å². The highest BCUT2D eigenvalue weighted by Gasteiger charge is 2.39. The van der Waals surface area contributed by atoms with Gasteiger partial charge in [-0.3, -0.25) is 29.1 Å². The molecular weight excluding hydrogens is 781 g/mol. The molecule has 0 fully saturated rings. The highest BCUT2D eigenvalue weighted by molar-refractivity contribution is 6.15. The van der Waals surface area contributed by atoms with E-state index >= 15 is 0 Å². The molecule has 4 aromatic rings. The fourth-order valence-corrected chi connectivity index (χ4v) is 9.04. The van der Waals surface area contributed by atoms with Crippen LogP contribution in [0.2, 0.25) is 0 Å². The molecule has 14 heteroatoms. The first-order valence-corrected chi connectivity index (χ1v) is 20.4. The van der Waals surface area contributed by atoms with Gasteiger partial charge in [0.2, 0.25) is 0 Å². The third kappa shape index (κ3) is 8.31. The fourth-order valence-electron chi connectivity index (χ4n) is 9.04. The second kappa shape index (κ2) is 16.1. The average Bonchev–Trinajstić information content (AvgIpc) is 3.71. The number of carboxylic acids is 1. The maximum atomic E-state index is 14.1. The Balaban J connectivity index is 0.917. The highest BCUT2D eigenvalue weighted by atomic mass is 16.5. The molecule has 14 nitrogen and oxygen atoms in total. The van der Waals surface area contributed by atoms with Crippen molar-refractivity contribution < 1.29 is 48.0 Å². The van der Waals surface area contributed by atoms with E-state index in [9.17, 15) is 19.2 Å². The van der Waals surface area contributed by atoms with Crippen LogP contribution in [0.3, 0.4) is 0 Å². The lowest BCUT2D eigenvalue weighted by atomic mass is 9.76. The smallest absolute Gasteiger partial charge is 0.311 e. The molecule has 0 aliphatic carbocycles. The lowest BCUT2D eigenvalue weighted by molar-refractivity contribution is -0.142. The maximum absolute atomic E-state index is 14.1. The normalized spacial score (nSPS) is 17.4. The first kappa shape index (κ1) is 41.2. The summed E-state index contributed by atoms with van der Waals surface area (Å²) in [7, 11) is 3.11. The topological polar surface area (TPSA) is 166 Å². The number of amides is 2. The summed E-state index contributed by atoms with van der Waals surface area (Å²) >= 11 is 0. The monoisotopic (exact) mass is 830 g/mol. The van der Waals surface area contributed by atoms with Crippen LogP contribution in [0.1, 0.15) is 78.8 Å². The predicted molar refractivity (Wildman–Crippen MR) is 230 cm³/mol. The van der Waals surface area contributed by atoms with Crippen molar-refractivity contribution in [3.63, 3.8) is 0 Å². The van der Waals surface area contributed by atoms with Crippen molar-refractivity contribution in [1.82, 2.24) is 0 Å². The Bertz CT molecular complexity index is 2460. The van der Waals surface area contributed by atoms with Crippen LogP contribution in [-0.2, 0) is 22.4 Å². The van der Waals surface area contributed by atoms with Crippen LogP contribution in [0.25, 0.3) is 0 Å². The molecule has 0 unspecified atom stereocenters. The predicted octanol–water partition coefficient (Wildman–Crippen LogP) is 7.66. The number of hydrogen-bond acceptors (Lipinski definition) is 11. The van der Waals surface area contributed by atoms with E-state index in [2.05, 4.69) is 39.1 Å². The summed E-state index contributed by atoms with van der Waals surface area (Å²) < 4.78 is 29.8. The van der Waals surface area contributed by atoms with Gasteiger partial charge in [0.25, 0.3) is 11.8 Å². The fraction of sp³-hybridized carbons (Fsp3) is 0.383. The summed E-state index contributed by atoms with van der Waals surface area (Å²) in [5.74, 6) is 0.150. The van der Waals surface area contributed by atoms with E-state index in [4.69, 9.17) is 33.8 Å². The summed E-state index contributed by atoms with van der Waals surface area (Å²) in [5.41, 5.74) is 5.05. The van der Waals surface area contributed by atoms with Crippen LogP contribution in [0.5, 0.6) is 28.7 Å². The minimum absolute atomic E-state index is 0.0191. The molecule has 2 amide bonds. The Morgan fingerprint density at radius 1 is 0.770 bits per heavy atom. The van der Waals surface area contributed by atoms with Gasteiger partial charge in [-0.2, -0.15) is 0 Å². The summed E-state index contributed by atoms with van der Waals surface area (Å²) in [6.45, 7) is 9.87. The highest BCUT2D eigenvalue weighted by Crippen LogP contribution is 2.45. The summed E-state index contributed by atoms with van der Waals surface area (Å²) in [6.07, 6.45) is 3.15. The van der Waals surface area contributed by atoms with Crippen LogP contribution in [0.15, 0.2) is 71.7 Å². The number of nitrogens with zero attached hydrogens (tertiary/aromatic N) is 3. The number of para-hydroxylation sites is 1. The lowest BCUT2D eigenvalue weighted by Gasteiger charge is -2.35. The van der Waals surface area contributed by atoms with Gasteiger partial charge in [0.05, 0.1) is 74.9 Å². The molecule has 0 spiro atoms. The zero-order valence-electron chi connectivity index (χ0n) is 35.2. The number of nitrogens with one attached hydrogen (secondary N) is 1. The maximum Gasteiger partial charge on any atom is 0.311 e. The van der Waals surface area contributed by atoms with Crippen molar-refractivity contribution in [2.75, 3.05) is 49.1 Å². The third-order valence-corrected chi connectivity index (χ3v) is 11.5. The number of rotatable bonds is 14. The molecule has 0 radical (unpaired) electrons. The number of ether oxygens (including phenoxy) is 5. The Morgan fingerprint density at radius 3 is 2.13 bits per heavy atom. The van der Waals surface area contributed by atoms with Gasteiger partial charge in [-0.1, -0.05) is 45.9 Å². The van der Waals surface area contributed by atoms with Crippen molar-refractivity contribution >= 4 is 52.7 Å². The zero-order valence-corrected chi connectivity index (χ0v) is 35.2. The molecule has 0 bridgehead atoms. The molecule has 4 aromatic carbocycles. The van der Waals surface area contributed by atoms with E-state index in [1.54, 1.807) is 54.6 Å².